The Labute approximate surface area is 92.0 Å². The first-order valence-electron chi connectivity index (χ1n) is 4.16. The Morgan fingerprint density at radius 3 is 2.53 bits per heavy atom. The minimum absolute atomic E-state index is 0.470. The number of halogens is 4. The molecule has 0 aliphatic rings. The Bertz CT molecular complexity index is 487. The maximum atomic E-state index is 12.4. The standard InChI is InChI=1S/C10H6BrF3O/c11-5-8-4-6-3-7(10(12,13)14)1-2-9(6)15-8/h1-4H,5H2. The molecule has 2 rings (SSSR count). The number of benzene rings is 1. The van der Waals surface area contributed by atoms with Crippen LogP contribution in [0, 0.1) is 0 Å². The fraction of sp³-hybridized carbons (Fsp3) is 0.200. The highest BCUT2D eigenvalue weighted by atomic mass is 79.9. The van der Waals surface area contributed by atoms with Gasteiger partial charge in [0.1, 0.15) is 11.3 Å². The van der Waals surface area contributed by atoms with Crippen molar-refractivity contribution in [3.63, 3.8) is 0 Å². The number of rotatable bonds is 1. The monoisotopic (exact) mass is 278 g/mol. The van der Waals surface area contributed by atoms with Crippen LogP contribution in [0.25, 0.3) is 11.0 Å². The second-order valence-electron chi connectivity index (χ2n) is 3.10. The van der Waals surface area contributed by atoms with Crippen LogP contribution in [0.2, 0.25) is 0 Å². The molecule has 0 spiro atoms. The molecule has 0 saturated heterocycles. The van der Waals surface area contributed by atoms with Crippen LogP contribution in [0.1, 0.15) is 11.3 Å². The lowest BCUT2D eigenvalue weighted by atomic mass is 10.1. The second-order valence-corrected chi connectivity index (χ2v) is 3.66. The van der Waals surface area contributed by atoms with Crippen molar-refractivity contribution in [3.8, 4) is 0 Å². The molecule has 0 atom stereocenters. The largest absolute Gasteiger partial charge is 0.460 e. The van der Waals surface area contributed by atoms with Gasteiger partial charge in [0.05, 0.1) is 10.9 Å². The van der Waals surface area contributed by atoms with Gasteiger partial charge < -0.3 is 4.42 Å². The van der Waals surface area contributed by atoms with Gasteiger partial charge in [0, 0.05) is 5.39 Å². The van der Waals surface area contributed by atoms with Crippen LogP contribution in [0.3, 0.4) is 0 Å². The van der Waals surface area contributed by atoms with Gasteiger partial charge in [0.2, 0.25) is 0 Å². The van der Waals surface area contributed by atoms with Gasteiger partial charge in [-0.1, -0.05) is 15.9 Å². The molecule has 0 radical (unpaired) electrons. The minimum atomic E-state index is -4.31. The summed E-state index contributed by atoms with van der Waals surface area (Å²) in [7, 11) is 0. The molecule has 15 heavy (non-hydrogen) atoms. The van der Waals surface area contributed by atoms with Gasteiger partial charge >= 0.3 is 6.18 Å². The van der Waals surface area contributed by atoms with E-state index in [1.54, 1.807) is 6.07 Å². The van der Waals surface area contributed by atoms with E-state index >= 15 is 0 Å². The zero-order chi connectivity index (χ0) is 11.1. The molecular weight excluding hydrogens is 273 g/mol. The lowest BCUT2D eigenvalue weighted by Crippen LogP contribution is -2.03. The number of hydrogen-bond acceptors (Lipinski definition) is 1. The van der Waals surface area contributed by atoms with E-state index in [0.29, 0.717) is 22.1 Å². The van der Waals surface area contributed by atoms with Crippen LogP contribution in [0.15, 0.2) is 28.7 Å². The number of furan rings is 1. The number of alkyl halides is 4. The summed E-state index contributed by atoms with van der Waals surface area (Å²) in [6.07, 6.45) is -4.31. The average molecular weight is 279 g/mol. The van der Waals surface area contributed by atoms with Gasteiger partial charge in [-0.05, 0) is 24.3 Å². The SMILES string of the molecule is FC(F)(F)c1ccc2oc(CBr)cc2c1. The van der Waals surface area contributed by atoms with E-state index in [9.17, 15) is 13.2 Å². The molecule has 2 aromatic rings. The van der Waals surface area contributed by atoms with Gasteiger partial charge in [-0.15, -0.1) is 0 Å². The van der Waals surface area contributed by atoms with Gasteiger partial charge in [0.25, 0.3) is 0 Å². The smallest absolute Gasteiger partial charge is 0.416 e. The van der Waals surface area contributed by atoms with Gasteiger partial charge in [0.15, 0.2) is 0 Å². The molecule has 0 aliphatic heterocycles. The van der Waals surface area contributed by atoms with E-state index in [-0.39, 0.29) is 0 Å². The van der Waals surface area contributed by atoms with Crippen molar-refractivity contribution in [2.45, 2.75) is 11.5 Å². The van der Waals surface area contributed by atoms with E-state index < -0.39 is 11.7 Å². The van der Waals surface area contributed by atoms with Crippen LogP contribution in [0.5, 0.6) is 0 Å². The maximum Gasteiger partial charge on any atom is 0.416 e. The molecule has 1 aromatic heterocycles. The lowest BCUT2D eigenvalue weighted by molar-refractivity contribution is -0.137. The normalized spacial score (nSPS) is 12.3. The van der Waals surface area contributed by atoms with E-state index in [4.69, 9.17) is 4.42 Å². The first kappa shape index (κ1) is 10.5. The maximum absolute atomic E-state index is 12.4. The highest BCUT2D eigenvalue weighted by Gasteiger charge is 2.30. The Morgan fingerprint density at radius 1 is 1.20 bits per heavy atom. The van der Waals surface area contributed by atoms with Gasteiger partial charge in [-0.25, -0.2) is 0 Å². The van der Waals surface area contributed by atoms with Crippen LogP contribution < -0.4 is 0 Å². The third-order valence-corrected chi connectivity index (χ3v) is 2.58. The molecule has 0 aliphatic carbocycles. The summed E-state index contributed by atoms with van der Waals surface area (Å²) in [5.41, 5.74) is -0.186. The first-order chi connectivity index (χ1) is 7.00. The molecule has 0 N–H and O–H groups in total. The Kier molecular flexibility index (Phi) is 2.50. The molecular formula is C10H6BrF3O. The summed E-state index contributed by atoms with van der Waals surface area (Å²) in [5.74, 6) is 0.615. The molecule has 0 fully saturated rings. The highest BCUT2D eigenvalue weighted by Crippen LogP contribution is 2.32. The number of fused-ring (bicyclic) bond motifs is 1. The Morgan fingerprint density at radius 2 is 1.93 bits per heavy atom. The van der Waals surface area contributed by atoms with Crippen molar-refractivity contribution in [1.82, 2.24) is 0 Å². The Hall–Kier alpha value is -0.970. The highest BCUT2D eigenvalue weighted by molar-refractivity contribution is 9.08. The van der Waals surface area contributed by atoms with Crippen LogP contribution in [0.4, 0.5) is 13.2 Å². The quantitative estimate of drug-likeness (QED) is 0.707. The summed E-state index contributed by atoms with van der Waals surface area (Å²) in [4.78, 5) is 0. The number of hydrogen-bond donors (Lipinski definition) is 0. The third-order valence-electron chi connectivity index (χ3n) is 2.03. The second kappa shape index (κ2) is 3.56. The topological polar surface area (TPSA) is 13.1 Å². The summed E-state index contributed by atoms with van der Waals surface area (Å²) >= 11 is 3.18. The predicted molar refractivity (Wildman–Crippen MR) is 53.8 cm³/mol. The molecule has 0 unspecified atom stereocenters. The minimum Gasteiger partial charge on any atom is -0.460 e. The van der Waals surface area contributed by atoms with Crippen LogP contribution in [-0.2, 0) is 11.5 Å². The molecule has 0 bridgehead atoms. The molecule has 1 aromatic carbocycles. The average Bonchev–Trinajstić information content (AvgIpc) is 2.57. The summed E-state index contributed by atoms with van der Waals surface area (Å²) in [6, 6.07) is 5.04. The van der Waals surface area contributed by atoms with Crippen molar-refractivity contribution in [2.75, 3.05) is 0 Å². The van der Waals surface area contributed by atoms with E-state index in [2.05, 4.69) is 15.9 Å². The molecule has 1 nitrogen and oxygen atoms in total. The summed E-state index contributed by atoms with van der Waals surface area (Å²) < 4.78 is 42.4. The summed E-state index contributed by atoms with van der Waals surface area (Å²) in [5, 5.41) is 0.961. The lowest BCUT2D eigenvalue weighted by Gasteiger charge is -2.04. The van der Waals surface area contributed by atoms with Crippen molar-refractivity contribution in [3.05, 3.63) is 35.6 Å². The fourth-order valence-electron chi connectivity index (χ4n) is 1.34. The van der Waals surface area contributed by atoms with E-state index in [1.807, 2.05) is 0 Å². The van der Waals surface area contributed by atoms with Gasteiger partial charge in [-0.3, -0.25) is 0 Å². The molecule has 1 heterocycles. The third kappa shape index (κ3) is 2.02. The summed E-state index contributed by atoms with van der Waals surface area (Å²) in [6.45, 7) is 0. The molecule has 5 heteroatoms. The zero-order valence-electron chi connectivity index (χ0n) is 7.44. The van der Waals surface area contributed by atoms with Crippen molar-refractivity contribution >= 4 is 26.9 Å². The van der Waals surface area contributed by atoms with E-state index in [0.717, 1.165) is 12.1 Å². The Balaban J connectivity index is 2.55. The molecule has 80 valence electrons. The van der Waals surface area contributed by atoms with Crippen molar-refractivity contribution in [1.29, 1.82) is 0 Å². The fourth-order valence-corrected chi connectivity index (χ4v) is 1.62. The zero-order valence-corrected chi connectivity index (χ0v) is 9.02. The molecule has 0 amide bonds. The van der Waals surface area contributed by atoms with Crippen LogP contribution in [-0.4, -0.2) is 0 Å². The van der Waals surface area contributed by atoms with Gasteiger partial charge in [-0.2, -0.15) is 13.2 Å². The van der Waals surface area contributed by atoms with Crippen LogP contribution >= 0.6 is 15.9 Å². The van der Waals surface area contributed by atoms with Crippen molar-refractivity contribution < 1.29 is 17.6 Å². The molecule has 0 saturated carbocycles. The van der Waals surface area contributed by atoms with E-state index in [1.165, 1.54) is 6.07 Å². The first-order valence-corrected chi connectivity index (χ1v) is 5.28. The predicted octanol–water partition coefficient (Wildman–Crippen LogP) is 4.35. The van der Waals surface area contributed by atoms with Crippen molar-refractivity contribution in [2.24, 2.45) is 0 Å².